The Balaban J connectivity index is 1.84. The Morgan fingerprint density at radius 3 is 2.85 bits per heavy atom. The Labute approximate surface area is 117 Å². The Morgan fingerprint density at radius 2 is 2.20 bits per heavy atom. The van der Waals surface area contributed by atoms with E-state index in [4.69, 9.17) is 9.84 Å². The molecular weight excluding hydrogens is 256 g/mol. The van der Waals surface area contributed by atoms with Gasteiger partial charge in [-0.15, -0.1) is 0 Å². The molecule has 0 aliphatic rings. The van der Waals surface area contributed by atoms with Gasteiger partial charge in [-0.1, -0.05) is 6.07 Å². The van der Waals surface area contributed by atoms with E-state index in [1.807, 2.05) is 13.8 Å². The molecule has 106 valence electrons. The molecule has 2 rings (SSSR count). The van der Waals surface area contributed by atoms with Crippen molar-refractivity contribution in [2.75, 3.05) is 6.61 Å². The summed E-state index contributed by atoms with van der Waals surface area (Å²) >= 11 is 0. The molecule has 1 heterocycles. The first-order valence-electron chi connectivity index (χ1n) is 6.54. The van der Waals surface area contributed by atoms with Crippen LogP contribution in [-0.2, 0) is 6.42 Å². The molecule has 1 aromatic heterocycles. The second kappa shape index (κ2) is 6.23. The highest BCUT2D eigenvalue weighted by Gasteiger charge is 2.06. The van der Waals surface area contributed by atoms with Gasteiger partial charge in [-0.05, 0) is 50.5 Å². The SMILES string of the molecule is Cc1n[nH]c(C)c1CCCOc1cccc(C(=O)O)c1. The van der Waals surface area contributed by atoms with Gasteiger partial charge in [0.2, 0.25) is 0 Å². The minimum absolute atomic E-state index is 0.240. The minimum atomic E-state index is -0.944. The number of hydrogen-bond donors (Lipinski definition) is 2. The Kier molecular flexibility index (Phi) is 4.40. The second-order valence-corrected chi connectivity index (χ2v) is 4.70. The first kappa shape index (κ1) is 14.1. The predicted molar refractivity (Wildman–Crippen MR) is 75.3 cm³/mol. The summed E-state index contributed by atoms with van der Waals surface area (Å²) < 4.78 is 5.58. The summed E-state index contributed by atoms with van der Waals surface area (Å²) in [7, 11) is 0. The van der Waals surface area contributed by atoms with Crippen molar-refractivity contribution >= 4 is 5.97 Å². The van der Waals surface area contributed by atoms with Gasteiger partial charge in [0, 0.05) is 5.69 Å². The lowest BCUT2D eigenvalue weighted by Gasteiger charge is -2.07. The molecule has 0 fully saturated rings. The first-order valence-corrected chi connectivity index (χ1v) is 6.54. The maximum absolute atomic E-state index is 10.8. The van der Waals surface area contributed by atoms with Crippen molar-refractivity contribution in [1.82, 2.24) is 10.2 Å². The third kappa shape index (κ3) is 3.38. The van der Waals surface area contributed by atoms with E-state index in [1.54, 1.807) is 18.2 Å². The van der Waals surface area contributed by atoms with Crippen LogP contribution in [0.25, 0.3) is 0 Å². The number of ether oxygens (including phenoxy) is 1. The van der Waals surface area contributed by atoms with Crippen LogP contribution in [0.15, 0.2) is 24.3 Å². The highest BCUT2D eigenvalue weighted by Crippen LogP contribution is 2.15. The summed E-state index contributed by atoms with van der Waals surface area (Å²) in [6.45, 7) is 4.54. The molecule has 0 atom stereocenters. The molecule has 2 N–H and O–H groups in total. The van der Waals surface area contributed by atoms with Crippen molar-refractivity contribution in [2.24, 2.45) is 0 Å². The quantitative estimate of drug-likeness (QED) is 0.794. The third-order valence-corrected chi connectivity index (χ3v) is 3.20. The number of hydrogen-bond acceptors (Lipinski definition) is 3. The number of carboxylic acids is 1. The highest BCUT2D eigenvalue weighted by atomic mass is 16.5. The molecule has 0 aliphatic heterocycles. The van der Waals surface area contributed by atoms with Crippen molar-refractivity contribution in [1.29, 1.82) is 0 Å². The molecule has 0 saturated heterocycles. The number of aromatic nitrogens is 2. The van der Waals surface area contributed by atoms with E-state index >= 15 is 0 Å². The van der Waals surface area contributed by atoms with E-state index < -0.39 is 5.97 Å². The second-order valence-electron chi connectivity index (χ2n) is 4.70. The molecule has 0 radical (unpaired) electrons. The molecule has 20 heavy (non-hydrogen) atoms. The summed E-state index contributed by atoms with van der Waals surface area (Å²) in [4.78, 5) is 10.8. The largest absolute Gasteiger partial charge is 0.494 e. The normalized spacial score (nSPS) is 10.5. The zero-order valence-corrected chi connectivity index (χ0v) is 11.6. The monoisotopic (exact) mass is 274 g/mol. The molecule has 0 aliphatic carbocycles. The fourth-order valence-corrected chi connectivity index (χ4v) is 2.10. The van der Waals surface area contributed by atoms with E-state index in [2.05, 4.69) is 10.2 Å². The van der Waals surface area contributed by atoms with Gasteiger partial charge in [-0.25, -0.2) is 4.79 Å². The Bertz CT molecular complexity index is 585. The van der Waals surface area contributed by atoms with Gasteiger partial charge in [0.05, 0.1) is 17.9 Å². The number of benzene rings is 1. The number of aryl methyl sites for hydroxylation is 2. The van der Waals surface area contributed by atoms with Crippen LogP contribution >= 0.6 is 0 Å². The molecule has 0 bridgehead atoms. The van der Waals surface area contributed by atoms with Gasteiger partial charge in [0.1, 0.15) is 5.75 Å². The van der Waals surface area contributed by atoms with E-state index in [1.165, 1.54) is 11.6 Å². The lowest BCUT2D eigenvalue weighted by molar-refractivity contribution is 0.0696. The van der Waals surface area contributed by atoms with Crippen LogP contribution in [0.3, 0.4) is 0 Å². The molecule has 0 spiro atoms. The standard InChI is InChI=1S/C15H18N2O3/c1-10-14(11(2)17-16-10)7-4-8-20-13-6-3-5-12(9-13)15(18)19/h3,5-6,9H,4,7-8H2,1-2H3,(H,16,17)(H,18,19). The zero-order chi connectivity index (χ0) is 14.5. The summed E-state index contributed by atoms with van der Waals surface area (Å²) in [5, 5.41) is 16.0. The summed E-state index contributed by atoms with van der Waals surface area (Å²) in [6, 6.07) is 6.54. The molecule has 0 unspecified atom stereocenters. The number of H-pyrrole nitrogens is 1. The van der Waals surface area contributed by atoms with Gasteiger partial charge >= 0.3 is 5.97 Å². The van der Waals surface area contributed by atoms with Crippen LogP contribution in [-0.4, -0.2) is 27.9 Å². The number of carbonyl (C=O) groups is 1. The van der Waals surface area contributed by atoms with Crippen LogP contribution < -0.4 is 4.74 Å². The molecule has 0 amide bonds. The molecular formula is C15H18N2O3. The van der Waals surface area contributed by atoms with Crippen molar-refractivity contribution in [2.45, 2.75) is 26.7 Å². The number of nitrogens with one attached hydrogen (secondary N) is 1. The molecule has 2 aromatic rings. The molecule has 0 saturated carbocycles. The lowest BCUT2D eigenvalue weighted by Crippen LogP contribution is -2.02. The van der Waals surface area contributed by atoms with Crippen molar-refractivity contribution in [3.05, 3.63) is 46.8 Å². The van der Waals surface area contributed by atoms with Crippen LogP contribution in [0.4, 0.5) is 0 Å². The number of aromatic amines is 1. The van der Waals surface area contributed by atoms with Crippen LogP contribution in [0.2, 0.25) is 0 Å². The molecule has 1 aromatic carbocycles. The summed E-state index contributed by atoms with van der Waals surface area (Å²) in [5.41, 5.74) is 3.59. The predicted octanol–water partition coefficient (Wildman–Crippen LogP) is 2.74. The van der Waals surface area contributed by atoms with E-state index in [-0.39, 0.29) is 5.56 Å². The molecule has 5 nitrogen and oxygen atoms in total. The topological polar surface area (TPSA) is 75.2 Å². The van der Waals surface area contributed by atoms with E-state index in [0.29, 0.717) is 12.4 Å². The van der Waals surface area contributed by atoms with Gasteiger partial charge in [-0.3, -0.25) is 5.10 Å². The van der Waals surface area contributed by atoms with Crippen LogP contribution in [0.5, 0.6) is 5.75 Å². The number of carboxylic acid groups (broad SMARTS) is 1. The Hall–Kier alpha value is -2.30. The number of rotatable bonds is 6. The van der Waals surface area contributed by atoms with Crippen molar-refractivity contribution in [3.8, 4) is 5.75 Å². The highest BCUT2D eigenvalue weighted by molar-refractivity contribution is 5.87. The van der Waals surface area contributed by atoms with Crippen molar-refractivity contribution < 1.29 is 14.6 Å². The van der Waals surface area contributed by atoms with Crippen molar-refractivity contribution in [3.63, 3.8) is 0 Å². The molecule has 5 heteroatoms. The number of aromatic carboxylic acids is 1. The average Bonchev–Trinajstić information content (AvgIpc) is 2.75. The van der Waals surface area contributed by atoms with Gasteiger partial charge in [0.15, 0.2) is 0 Å². The lowest BCUT2D eigenvalue weighted by atomic mass is 10.1. The maximum Gasteiger partial charge on any atom is 0.335 e. The fourth-order valence-electron chi connectivity index (χ4n) is 2.10. The summed E-state index contributed by atoms with van der Waals surface area (Å²) in [5.74, 6) is -0.356. The first-order chi connectivity index (χ1) is 9.58. The maximum atomic E-state index is 10.8. The Morgan fingerprint density at radius 1 is 1.40 bits per heavy atom. The smallest absolute Gasteiger partial charge is 0.335 e. The van der Waals surface area contributed by atoms with Crippen LogP contribution in [0.1, 0.15) is 33.7 Å². The fraction of sp³-hybridized carbons (Fsp3) is 0.333. The van der Waals surface area contributed by atoms with E-state index in [9.17, 15) is 4.79 Å². The third-order valence-electron chi connectivity index (χ3n) is 3.20. The zero-order valence-electron chi connectivity index (χ0n) is 11.6. The minimum Gasteiger partial charge on any atom is -0.494 e. The van der Waals surface area contributed by atoms with E-state index in [0.717, 1.165) is 24.2 Å². The van der Waals surface area contributed by atoms with Gasteiger partial charge in [0.25, 0.3) is 0 Å². The van der Waals surface area contributed by atoms with Gasteiger partial charge < -0.3 is 9.84 Å². The van der Waals surface area contributed by atoms with Gasteiger partial charge in [-0.2, -0.15) is 5.10 Å². The summed E-state index contributed by atoms with van der Waals surface area (Å²) in [6.07, 6.45) is 1.76. The van der Waals surface area contributed by atoms with Crippen LogP contribution in [0, 0.1) is 13.8 Å². The number of nitrogens with zero attached hydrogens (tertiary/aromatic N) is 1. The average molecular weight is 274 g/mol.